The quantitative estimate of drug-likeness (QED) is 0.528. The van der Waals surface area contributed by atoms with Crippen molar-refractivity contribution in [1.29, 1.82) is 0 Å². The third-order valence-corrected chi connectivity index (χ3v) is 3.67. The van der Waals surface area contributed by atoms with Crippen molar-refractivity contribution in [1.82, 2.24) is 0 Å². The number of ether oxygens (including phenoxy) is 1. The van der Waals surface area contributed by atoms with Crippen molar-refractivity contribution in [3.63, 3.8) is 0 Å². The lowest BCUT2D eigenvalue weighted by Gasteiger charge is -2.04. The van der Waals surface area contributed by atoms with Crippen molar-refractivity contribution in [3.05, 3.63) is 77.4 Å². The van der Waals surface area contributed by atoms with Crippen LogP contribution in [-0.4, -0.2) is 6.61 Å². The van der Waals surface area contributed by atoms with E-state index in [1.54, 1.807) is 12.2 Å². The van der Waals surface area contributed by atoms with Crippen LogP contribution >= 0.6 is 0 Å². The van der Waals surface area contributed by atoms with Gasteiger partial charge in [0.2, 0.25) is 0 Å². The summed E-state index contributed by atoms with van der Waals surface area (Å²) < 4.78 is 5.64. The summed E-state index contributed by atoms with van der Waals surface area (Å²) in [5, 5.41) is 0. The van der Waals surface area contributed by atoms with Gasteiger partial charge < -0.3 is 4.74 Å². The summed E-state index contributed by atoms with van der Waals surface area (Å²) >= 11 is 0. The van der Waals surface area contributed by atoms with Gasteiger partial charge in [-0.3, -0.25) is 0 Å². The fourth-order valence-electron chi connectivity index (χ4n) is 2.13. The molecule has 0 N–H and O–H groups in total. The number of aryl methyl sites for hydroxylation is 1. The maximum absolute atomic E-state index is 5.64. The van der Waals surface area contributed by atoms with Crippen molar-refractivity contribution < 1.29 is 4.74 Å². The van der Waals surface area contributed by atoms with Crippen LogP contribution in [0.4, 0.5) is 0 Å². The molecule has 126 valence electrons. The highest BCUT2D eigenvalue weighted by atomic mass is 16.5. The Morgan fingerprint density at radius 1 is 0.800 bits per heavy atom. The number of hydrogen-bond acceptors (Lipinski definition) is 1. The molecule has 0 amide bonds. The van der Waals surface area contributed by atoms with Gasteiger partial charge in [0.1, 0.15) is 5.75 Å². The van der Waals surface area contributed by atoms with Gasteiger partial charge in [0, 0.05) is 11.1 Å². The first-order valence-corrected chi connectivity index (χ1v) is 8.81. The third-order valence-electron chi connectivity index (χ3n) is 3.67. The Labute approximate surface area is 151 Å². The van der Waals surface area contributed by atoms with Gasteiger partial charge in [0.25, 0.3) is 0 Å². The third kappa shape index (κ3) is 7.03. The second-order valence-electron chi connectivity index (χ2n) is 5.65. The molecule has 25 heavy (non-hydrogen) atoms. The first-order chi connectivity index (χ1) is 12.3. The van der Waals surface area contributed by atoms with E-state index < -0.39 is 0 Å². The SMILES string of the molecule is CCCCOc1ccc(C#C/C=C/C#Cc2ccc(CC)cc2)cc1. The number of hydrogen-bond donors (Lipinski definition) is 0. The maximum atomic E-state index is 5.64. The minimum absolute atomic E-state index is 0.768. The molecule has 0 aliphatic rings. The molecule has 0 aliphatic heterocycles. The van der Waals surface area contributed by atoms with E-state index in [9.17, 15) is 0 Å². The van der Waals surface area contributed by atoms with Crippen LogP contribution in [0.3, 0.4) is 0 Å². The van der Waals surface area contributed by atoms with Gasteiger partial charge in [0.05, 0.1) is 6.61 Å². The van der Waals surface area contributed by atoms with Crippen LogP contribution in [0, 0.1) is 23.7 Å². The Bertz CT molecular complexity index is 788. The molecular formula is C24H24O. The first-order valence-electron chi connectivity index (χ1n) is 8.81. The van der Waals surface area contributed by atoms with E-state index in [4.69, 9.17) is 4.74 Å². The van der Waals surface area contributed by atoms with E-state index in [2.05, 4.69) is 61.8 Å². The van der Waals surface area contributed by atoms with Crippen molar-refractivity contribution >= 4 is 0 Å². The first kappa shape index (κ1) is 18.4. The smallest absolute Gasteiger partial charge is 0.119 e. The minimum Gasteiger partial charge on any atom is -0.494 e. The van der Waals surface area contributed by atoms with Crippen LogP contribution in [0.1, 0.15) is 43.4 Å². The van der Waals surface area contributed by atoms with E-state index >= 15 is 0 Å². The van der Waals surface area contributed by atoms with Gasteiger partial charge in [-0.15, -0.1) is 0 Å². The number of allylic oxidation sites excluding steroid dienone is 2. The fourth-order valence-corrected chi connectivity index (χ4v) is 2.13. The lowest BCUT2D eigenvalue weighted by atomic mass is 10.1. The fraction of sp³-hybridized carbons (Fsp3) is 0.250. The highest BCUT2D eigenvalue weighted by molar-refractivity contribution is 5.42. The number of benzene rings is 2. The molecule has 0 bridgehead atoms. The summed E-state index contributed by atoms with van der Waals surface area (Å²) in [7, 11) is 0. The van der Waals surface area contributed by atoms with E-state index in [0.29, 0.717) is 0 Å². The monoisotopic (exact) mass is 328 g/mol. The minimum atomic E-state index is 0.768. The van der Waals surface area contributed by atoms with Gasteiger partial charge >= 0.3 is 0 Å². The molecule has 0 saturated heterocycles. The van der Waals surface area contributed by atoms with Crippen molar-refractivity contribution in [3.8, 4) is 29.4 Å². The molecule has 0 radical (unpaired) electrons. The molecule has 0 fully saturated rings. The topological polar surface area (TPSA) is 9.23 Å². The Hall–Kier alpha value is -2.90. The molecule has 0 aliphatic carbocycles. The highest BCUT2D eigenvalue weighted by Crippen LogP contribution is 2.12. The molecule has 2 rings (SSSR count). The van der Waals surface area contributed by atoms with Crippen LogP contribution in [0.2, 0.25) is 0 Å². The van der Waals surface area contributed by atoms with Gasteiger partial charge in [-0.2, -0.15) is 0 Å². The standard InChI is InChI=1S/C24H24O/c1-3-5-20-25-24-18-16-23(17-19-24)11-9-7-6-8-10-22-14-12-21(4-2)13-15-22/h6-7,12-19H,3-5,20H2,1-2H3/b7-6+. The summed E-state index contributed by atoms with van der Waals surface area (Å²) in [6, 6.07) is 16.2. The zero-order valence-electron chi connectivity index (χ0n) is 15.0. The van der Waals surface area contributed by atoms with E-state index in [0.717, 1.165) is 42.7 Å². The van der Waals surface area contributed by atoms with E-state index in [1.807, 2.05) is 24.3 Å². The average molecular weight is 328 g/mol. The molecule has 0 saturated carbocycles. The van der Waals surface area contributed by atoms with Gasteiger partial charge in [-0.1, -0.05) is 56.1 Å². The Morgan fingerprint density at radius 2 is 1.36 bits per heavy atom. The number of unbranched alkanes of at least 4 members (excludes halogenated alkanes) is 1. The van der Waals surface area contributed by atoms with Crippen LogP contribution in [0.15, 0.2) is 60.7 Å². The van der Waals surface area contributed by atoms with E-state index in [1.165, 1.54) is 5.56 Å². The molecular weight excluding hydrogens is 304 g/mol. The predicted octanol–water partition coefficient (Wildman–Crippen LogP) is 5.39. The highest BCUT2D eigenvalue weighted by Gasteiger charge is 1.92. The Balaban J connectivity index is 1.85. The molecule has 0 heterocycles. The van der Waals surface area contributed by atoms with Gasteiger partial charge in [-0.05, 0) is 67.0 Å². The van der Waals surface area contributed by atoms with E-state index in [-0.39, 0.29) is 0 Å². The molecule has 1 nitrogen and oxygen atoms in total. The van der Waals surface area contributed by atoms with Crippen molar-refractivity contribution in [2.75, 3.05) is 6.61 Å². The summed E-state index contributed by atoms with van der Waals surface area (Å²) in [4.78, 5) is 0. The van der Waals surface area contributed by atoms with Gasteiger partial charge in [0.15, 0.2) is 0 Å². The van der Waals surface area contributed by atoms with Crippen LogP contribution in [0.25, 0.3) is 0 Å². The van der Waals surface area contributed by atoms with Crippen molar-refractivity contribution in [2.24, 2.45) is 0 Å². The summed E-state index contributed by atoms with van der Waals surface area (Å²) in [5.74, 6) is 13.1. The molecule has 0 unspecified atom stereocenters. The average Bonchev–Trinajstić information content (AvgIpc) is 2.66. The van der Waals surface area contributed by atoms with Crippen molar-refractivity contribution in [2.45, 2.75) is 33.1 Å². The van der Waals surface area contributed by atoms with Crippen LogP contribution < -0.4 is 4.74 Å². The summed E-state index contributed by atoms with van der Waals surface area (Å²) in [5.41, 5.74) is 3.32. The lowest BCUT2D eigenvalue weighted by Crippen LogP contribution is -1.95. The molecule has 0 aromatic heterocycles. The Kier molecular flexibility index (Phi) is 7.96. The lowest BCUT2D eigenvalue weighted by molar-refractivity contribution is 0.309. The molecule has 0 atom stereocenters. The predicted molar refractivity (Wildman–Crippen MR) is 106 cm³/mol. The molecule has 1 heteroatoms. The summed E-state index contributed by atoms with van der Waals surface area (Å²) in [6.45, 7) is 5.07. The zero-order valence-corrected chi connectivity index (χ0v) is 15.0. The summed E-state index contributed by atoms with van der Waals surface area (Å²) in [6.07, 6.45) is 6.83. The second-order valence-corrected chi connectivity index (χ2v) is 5.65. The molecule has 2 aromatic rings. The second kappa shape index (κ2) is 10.8. The normalized spacial score (nSPS) is 9.84. The molecule has 0 spiro atoms. The molecule has 2 aromatic carbocycles. The van der Waals surface area contributed by atoms with Crippen LogP contribution in [0.5, 0.6) is 5.75 Å². The largest absolute Gasteiger partial charge is 0.494 e. The zero-order chi connectivity index (χ0) is 17.7. The number of rotatable bonds is 5. The van der Waals surface area contributed by atoms with Gasteiger partial charge in [-0.25, -0.2) is 0 Å². The van der Waals surface area contributed by atoms with Crippen LogP contribution in [-0.2, 0) is 6.42 Å². The maximum Gasteiger partial charge on any atom is 0.119 e. The Morgan fingerprint density at radius 3 is 1.88 bits per heavy atom.